The zero-order valence-electron chi connectivity index (χ0n) is 17.2. The van der Waals surface area contributed by atoms with E-state index >= 15 is 0 Å². The zero-order chi connectivity index (χ0) is 21.8. The van der Waals surface area contributed by atoms with E-state index in [0.717, 1.165) is 5.56 Å². The van der Waals surface area contributed by atoms with Gasteiger partial charge in [-0.15, -0.1) is 0 Å². The third-order valence-corrected chi connectivity index (χ3v) is 4.89. The summed E-state index contributed by atoms with van der Waals surface area (Å²) in [6.07, 6.45) is 0. The monoisotopic (exact) mass is 415 g/mol. The number of hydrogen-bond acceptors (Lipinski definition) is 5. The molecule has 1 heterocycles. The summed E-state index contributed by atoms with van der Waals surface area (Å²) >= 11 is 0. The minimum atomic E-state index is -0.386. The fraction of sp³-hybridized carbons (Fsp3) is 0.125. The predicted octanol–water partition coefficient (Wildman–Crippen LogP) is 3.33. The Hall–Kier alpha value is -4.13. The first-order valence-electron chi connectivity index (χ1n) is 9.68. The normalized spacial score (nSPS) is 10.6. The highest BCUT2D eigenvalue weighted by Crippen LogP contribution is 2.22. The largest absolute Gasteiger partial charge is 0.497 e. The Morgan fingerprint density at radius 1 is 0.903 bits per heavy atom. The molecule has 4 aromatic rings. The van der Waals surface area contributed by atoms with Crippen LogP contribution in [0.3, 0.4) is 0 Å². The Labute approximate surface area is 178 Å². The molecular formula is C24H21N3O4. The number of benzene rings is 3. The number of aromatic nitrogens is 2. The Balaban J connectivity index is 1.71. The quantitative estimate of drug-likeness (QED) is 0.522. The molecule has 0 aliphatic rings. The highest BCUT2D eigenvalue weighted by molar-refractivity contribution is 6.04. The molecule has 0 aliphatic carbocycles. The predicted molar refractivity (Wildman–Crippen MR) is 118 cm³/mol. The van der Waals surface area contributed by atoms with Crippen LogP contribution in [-0.2, 0) is 6.54 Å². The van der Waals surface area contributed by atoms with Crippen LogP contribution in [0.5, 0.6) is 11.5 Å². The number of amides is 1. The van der Waals surface area contributed by atoms with Crippen LogP contribution < -0.4 is 20.3 Å². The molecule has 0 atom stereocenters. The van der Waals surface area contributed by atoms with Crippen LogP contribution in [0.4, 0.5) is 0 Å². The van der Waals surface area contributed by atoms with Crippen LogP contribution >= 0.6 is 0 Å². The van der Waals surface area contributed by atoms with E-state index in [2.05, 4.69) is 10.4 Å². The smallest absolute Gasteiger partial charge is 0.279 e. The molecule has 0 saturated heterocycles. The van der Waals surface area contributed by atoms with E-state index in [-0.39, 0.29) is 23.7 Å². The number of para-hydroxylation sites is 1. The van der Waals surface area contributed by atoms with Crippen LogP contribution in [0.1, 0.15) is 16.1 Å². The number of carbonyl (C=O) groups is 1. The summed E-state index contributed by atoms with van der Waals surface area (Å²) < 4.78 is 11.8. The molecule has 0 saturated carbocycles. The molecule has 0 unspecified atom stereocenters. The number of rotatable bonds is 6. The van der Waals surface area contributed by atoms with E-state index in [4.69, 9.17) is 9.47 Å². The molecule has 0 aliphatic heterocycles. The van der Waals surface area contributed by atoms with E-state index in [1.54, 1.807) is 56.7 Å². The summed E-state index contributed by atoms with van der Waals surface area (Å²) in [5, 5.41) is 8.20. The van der Waals surface area contributed by atoms with Gasteiger partial charge in [-0.3, -0.25) is 9.59 Å². The van der Waals surface area contributed by atoms with Crippen molar-refractivity contribution in [1.82, 2.24) is 15.1 Å². The lowest BCUT2D eigenvalue weighted by molar-refractivity contribution is 0.0946. The average Bonchev–Trinajstić information content (AvgIpc) is 2.83. The molecule has 1 N–H and O–H groups in total. The van der Waals surface area contributed by atoms with E-state index < -0.39 is 0 Å². The first-order chi connectivity index (χ1) is 15.1. The maximum Gasteiger partial charge on any atom is 0.279 e. The van der Waals surface area contributed by atoms with Crippen LogP contribution in [0.15, 0.2) is 77.6 Å². The SMILES string of the molecule is COc1cc(CNC(=O)c2nn(-c3ccccc3)c(=O)c3ccccc23)cc(OC)c1. The van der Waals surface area contributed by atoms with Gasteiger partial charge in [0.15, 0.2) is 5.69 Å². The topological polar surface area (TPSA) is 82.5 Å². The van der Waals surface area contributed by atoms with E-state index in [1.165, 1.54) is 4.68 Å². The molecule has 0 fully saturated rings. The summed E-state index contributed by atoms with van der Waals surface area (Å²) in [4.78, 5) is 26.0. The van der Waals surface area contributed by atoms with Crippen molar-refractivity contribution in [2.45, 2.75) is 6.54 Å². The number of nitrogens with one attached hydrogen (secondary N) is 1. The van der Waals surface area contributed by atoms with Gasteiger partial charge >= 0.3 is 0 Å². The third-order valence-electron chi connectivity index (χ3n) is 4.89. The van der Waals surface area contributed by atoms with Gasteiger partial charge in [-0.1, -0.05) is 36.4 Å². The molecular weight excluding hydrogens is 394 g/mol. The van der Waals surface area contributed by atoms with Gasteiger partial charge in [0, 0.05) is 18.0 Å². The number of carbonyl (C=O) groups excluding carboxylic acids is 1. The first-order valence-corrected chi connectivity index (χ1v) is 9.68. The summed E-state index contributed by atoms with van der Waals surface area (Å²) in [7, 11) is 3.14. The molecule has 1 aromatic heterocycles. The second-order valence-electron chi connectivity index (χ2n) is 6.85. The van der Waals surface area contributed by atoms with Gasteiger partial charge in [-0.2, -0.15) is 9.78 Å². The Morgan fingerprint density at radius 3 is 2.16 bits per heavy atom. The van der Waals surface area contributed by atoms with Gasteiger partial charge in [-0.25, -0.2) is 0 Å². The molecule has 0 radical (unpaired) electrons. The molecule has 4 rings (SSSR count). The average molecular weight is 415 g/mol. The molecule has 1 amide bonds. The van der Waals surface area contributed by atoms with Crippen LogP contribution in [-0.4, -0.2) is 29.9 Å². The lowest BCUT2D eigenvalue weighted by Crippen LogP contribution is -2.29. The highest BCUT2D eigenvalue weighted by atomic mass is 16.5. The number of methoxy groups -OCH3 is 2. The molecule has 156 valence electrons. The Morgan fingerprint density at radius 2 is 1.52 bits per heavy atom. The standard InChI is InChI=1S/C24H21N3O4/c1-30-18-12-16(13-19(14-18)31-2)15-25-23(28)22-20-10-6-7-11-21(20)24(29)27(26-22)17-8-4-3-5-9-17/h3-14H,15H2,1-2H3,(H,25,28). The lowest BCUT2D eigenvalue weighted by atomic mass is 10.1. The van der Waals surface area contributed by atoms with Crippen LogP contribution in [0.2, 0.25) is 0 Å². The summed E-state index contributed by atoms with van der Waals surface area (Å²) in [5.74, 6) is 0.872. The number of nitrogens with zero attached hydrogens (tertiary/aromatic N) is 2. The second kappa shape index (κ2) is 8.71. The lowest BCUT2D eigenvalue weighted by Gasteiger charge is -2.12. The van der Waals surface area contributed by atoms with Crippen molar-refractivity contribution in [1.29, 1.82) is 0 Å². The number of hydrogen-bond donors (Lipinski definition) is 1. The summed E-state index contributed by atoms with van der Waals surface area (Å²) in [6.45, 7) is 0.243. The Kier molecular flexibility index (Phi) is 5.66. The van der Waals surface area contributed by atoms with Crippen molar-refractivity contribution in [3.63, 3.8) is 0 Å². The fourth-order valence-corrected chi connectivity index (χ4v) is 3.34. The van der Waals surface area contributed by atoms with E-state index in [0.29, 0.717) is 28.0 Å². The number of fused-ring (bicyclic) bond motifs is 1. The highest BCUT2D eigenvalue weighted by Gasteiger charge is 2.17. The first kappa shape index (κ1) is 20.2. The fourth-order valence-electron chi connectivity index (χ4n) is 3.34. The van der Waals surface area contributed by atoms with Gasteiger partial charge in [0.1, 0.15) is 11.5 Å². The van der Waals surface area contributed by atoms with Gasteiger partial charge < -0.3 is 14.8 Å². The second-order valence-corrected chi connectivity index (χ2v) is 6.85. The molecule has 3 aromatic carbocycles. The van der Waals surface area contributed by atoms with Crippen molar-refractivity contribution in [2.24, 2.45) is 0 Å². The van der Waals surface area contributed by atoms with Gasteiger partial charge in [0.05, 0.1) is 25.3 Å². The van der Waals surface area contributed by atoms with E-state index in [1.807, 2.05) is 30.3 Å². The van der Waals surface area contributed by atoms with Gasteiger partial charge in [-0.05, 0) is 35.9 Å². The van der Waals surface area contributed by atoms with Crippen LogP contribution in [0.25, 0.3) is 16.5 Å². The third kappa shape index (κ3) is 4.11. The molecule has 31 heavy (non-hydrogen) atoms. The minimum Gasteiger partial charge on any atom is -0.497 e. The maximum absolute atomic E-state index is 13.1. The van der Waals surface area contributed by atoms with E-state index in [9.17, 15) is 9.59 Å². The van der Waals surface area contributed by atoms with Gasteiger partial charge in [0.25, 0.3) is 11.5 Å². The molecule has 0 spiro atoms. The summed E-state index contributed by atoms with van der Waals surface area (Å²) in [6, 6.07) is 21.4. The number of ether oxygens (including phenoxy) is 2. The molecule has 0 bridgehead atoms. The molecule has 7 heteroatoms. The Bertz CT molecular complexity index is 1280. The van der Waals surface area contributed by atoms with Crippen molar-refractivity contribution in [3.05, 3.63) is 94.4 Å². The van der Waals surface area contributed by atoms with Crippen molar-refractivity contribution in [3.8, 4) is 17.2 Å². The van der Waals surface area contributed by atoms with Crippen LogP contribution in [0, 0.1) is 0 Å². The van der Waals surface area contributed by atoms with Crippen molar-refractivity contribution >= 4 is 16.7 Å². The molecule has 7 nitrogen and oxygen atoms in total. The summed E-state index contributed by atoms with van der Waals surface area (Å²) in [5.41, 5.74) is 1.29. The van der Waals surface area contributed by atoms with Gasteiger partial charge in [0.2, 0.25) is 0 Å². The minimum absolute atomic E-state index is 0.175. The maximum atomic E-state index is 13.1. The van der Waals surface area contributed by atoms with Crippen molar-refractivity contribution in [2.75, 3.05) is 14.2 Å². The zero-order valence-corrected chi connectivity index (χ0v) is 17.2. The van der Waals surface area contributed by atoms with Crippen molar-refractivity contribution < 1.29 is 14.3 Å².